The standard InChI is InChI=1S/C26H31BrClN3O5S/c1-25(2,3)35-23(32)29-16-10-9-15(16)21-19(27)20-22(34-21)17(12-18(28)30-20)31(13-14-8-7-11-37-14)24(33)36-26(4,5)6/h7-8,11-12,15-16H,9-10,13H2,1-6H3,(H,29,32). The van der Waals surface area contributed by atoms with Gasteiger partial charge < -0.3 is 19.2 Å². The van der Waals surface area contributed by atoms with E-state index in [4.69, 9.17) is 25.5 Å². The van der Waals surface area contributed by atoms with E-state index >= 15 is 0 Å². The third kappa shape index (κ3) is 6.59. The average molecular weight is 613 g/mol. The Hall–Kier alpha value is -2.30. The van der Waals surface area contributed by atoms with E-state index in [-0.39, 0.29) is 23.7 Å². The molecular formula is C26H31BrClN3O5S. The molecule has 3 aromatic heterocycles. The van der Waals surface area contributed by atoms with E-state index in [9.17, 15) is 9.59 Å². The number of ether oxygens (including phenoxy) is 2. The van der Waals surface area contributed by atoms with Gasteiger partial charge in [0.2, 0.25) is 0 Å². The molecule has 2 amide bonds. The second kappa shape index (κ2) is 10.5. The monoisotopic (exact) mass is 611 g/mol. The molecule has 3 heterocycles. The van der Waals surface area contributed by atoms with Crippen LogP contribution in [-0.4, -0.2) is 34.4 Å². The number of furan rings is 1. The Morgan fingerprint density at radius 3 is 2.49 bits per heavy atom. The van der Waals surface area contributed by atoms with E-state index in [2.05, 4.69) is 26.2 Å². The van der Waals surface area contributed by atoms with Crippen LogP contribution in [0.25, 0.3) is 11.1 Å². The molecule has 1 saturated carbocycles. The highest BCUT2D eigenvalue weighted by Gasteiger charge is 2.39. The van der Waals surface area contributed by atoms with Gasteiger partial charge in [0, 0.05) is 22.9 Å². The van der Waals surface area contributed by atoms with Crippen LogP contribution in [0.4, 0.5) is 15.3 Å². The SMILES string of the molecule is CC(C)(C)OC(=O)NC1CCC1c1oc2c(N(Cc3cccs3)C(=O)OC(C)(C)C)cc(Cl)nc2c1Br. The van der Waals surface area contributed by atoms with Crippen LogP contribution in [-0.2, 0) is 16.0 Å². The van der Waals surface area contributed by atoms with Crippen LogP contribution in [0.5, 0.6) is 0 Å². The fourth-order valence-electron chi connectivity index (χ4n) is 4.02. The molecule has 0 aromatic carbocycles. The van der Waals surface area contributed by atoms with E-state index in [0.717, 1.165) is 17.7 Å². The summed E-state index contributed by atoms with van der Waals surface area (Å²) >= 11 is 11.6. The second-order valence-electron chi connectivity index (χ2n) is 11.0. The first-order valence-corrected chi connectivity index (χ1v) is 14.1. The molecule has 0 aliphatic heterocycles. The predicted octanol–water partition coefficient (Wildman–Crippen LogP) is 8.02. The topological polar surface area (TPSA) is 93.9 Å². The highest BCUT2D eigenvalue weighted by Crippen LogP contribution is 2.46. The number of anilines is 1. The fraction of sp³-hybridized carbons (Fsp3) is 0.500. The number of alkyl carbamates (subject to hydrolysis) is 1. The number of rotatable bonds is 5. The summed E-state index contributed by atoms with van der Waals surface area (Å²) in [7, 11) is 0. The molecule has 4 rings (SSSR count). The number of nitrogens with one attached hydrogen (secondary N) is 1. The normalized spacial score (nSPS) is 17.8. The Kier molecular flexibility index (Phi) is 7.84. The minimum absolute atomic E-state index is 0.0880. The fourth-order valence-corrected chi connectivity index (χ4v) is 5.54. The summed E-state index contributed by atoms with van der Waals surface area (Å²) in [5, 5.41) is 5.11. The Morgan fingerprint density at radius 1 is 1.22 bits per heavy atom. The number of carbonyl (C=O) groups excluding carboxylic acids is 2. The van der Waals surface area contributed by atoms with Gasteiger partial charge in [-0.3, -0.25) is 4.90 Å². The van der Waals surface area contributed by atoms with Crippen molar-refractivity contribution in [3.05, 3.63) is 43.8 Å². The summed E-state index contributed by atoms with van der Waals surface area (Å²) in [5.41, 5.74) is 0.0894. The predicted molar refractivity (Wildman–Crippen MR) is 149 cm³/mol. The number of hydrogen-bond donors (Lipinski definition) is 1. The van der Waals surface area contributed by atoms with Gasteiger partial charge in [-0.1, -0.05) is 17.7 Å². The van der Waals surface area contributed by atoms with Crippen LogP contribution in [0.1, 0.15) is 70.9 Å². The first-order valence-electron chi connectivity index (χ1n) is 12.0. The summed E-state index contributed by atoms with van der Waals surface area (Å²) in [4.78, 5) is 32.7. The maximum absolute atomic E-state index is 13.4. The van der Waals surface area contributed by atoms with Crippen molar-refractivity contribution in [2.24, 2.45) is 0 Å². The molecule has 200 valence electrons. The molecule has 0 spiro atoms. The number of nitrogens with zero attached hydrogens (tertiary/aromatic N) is 2. The van der Waals surface area contributed by atoms with E-state index in [1.54, 1.807) is 6.07 Å². The van der Waals surface area contributed by atoms with Gasteiger partial charge in [-0.2, -0.15) is 0 Å². The van der Waals surface area contributed by atoms with Crippen LogP contribution in [0.3, 0.4) is 0 Å². The number of carbonyl (C=O) groups is 2. The van der Waals surface area contributed by atoms with Crippen molar-refractivity contribution >= 4 is 67.8 Å². The van der Waals surface area contributed by atoms with E-state index < -0.39 is 23.4 Å². The van der Waals surface area contributed by atoms with Crippen LogP contribution >= 0.6 is 38.9 Å². The zero-order valence-electron chi connectivity index (χ0n) is 21.7. The third-order valence-corrected chi connectivity index (χ3v) is 7.49. The van der Waals surface area contributed by atoms with Gasteiger partial charge in [0.05, 0.1) is 16.7 Å². The molecule has 8 nitrogen and oxygen atoms in total. The first-order chi connectivity index (χ1) is 17.2. The van der Waals surface area contributed by atoms with Crippen LogP contribution < -0.4 is 10.2 Å². The van der Waals surface area contributed by atoms with Crippen molar-refractivity contribution in [3.8, 4) is 0 Å². The summed E-state index contributed by atoms with van der Waals surface area (Å²) in [6.07, 6.45) is 0.610. The number of thiophene rings is 1. The molecule has 0 saturated heterocycles. The lowest BCUT2D eigenvalue weighted by Gasteiger charge is -2.36. The second-order valence-corrected chi connectivity index (χ2v) is 13.2. The average Bonchev–Trinajstić information content (AvgIpc) is 3.36. The molecule has 0 bridgehead atoms. The van der Waals surface area contributed by atoms with E-state index in [0.29, 0.717) is 27.0 Å². The summed E-state index contributed by atoms with van der Waals surface area (Å²) in [5.74, 6) is 0.550. The van der Waals surface area contributed by atoms with Crippen molar-refractivity contribution < 1.29 is 23.5 Å². The van der Waals surface area contributed by atoms with Gasteiger partial charge in [0.1, 0.15) is 27.6 Å². The molecule has 3 aromatic rings. The molecule has 1 fully saturated rings. The minimum Gasteiger partial charge on any atom is -0.456 e. The quantitative estimate of drug-likeness (QED) is 0.293. The molecule has 1 aliphatic carbocycles. The molecule has 2 unspecified atom stereocenters. The summed E-state index contributed by atoms with van der Waals surface area (Å²) in [6, 6.07) is 5.34. The Morgan fingerprint density at radius 2 is 1.92 bits per heavy atom. The van der Waals surface area contributed by atoms with Crippen LogP contribution in [0.2, 0.25) is 5.15 Å². The summed E-state index contributed by atoms with van der Waals surface area (Å²) in [6.45, 7) is 11.2. The molecule has 1 N–H and O–H groups in total. The van der Waals surface area contributed by atoms with Crippen molar-refractivity contribution in [1.82, 2.24) is 10.3 Å². The van der Waals surface area contributed by atoms with Gasteiger partial charge in [-0.05, 0) is 81.8 Å². The number of aromatic nitrogens is 1. The lowest BCUT2D eigenvalue weighted by molar-refractivity contribution is 0.0459. The summed E-state index contributed by atoms with van der Waals surface area (Å²) < 4.78 is 18.2. The lowest BCUT2D eigenvalue weighted by atomic mass is 9.78. The van der Waals surface area contributed by atoms with Crippen molar-refractivity contribution in [3.63, 3.8) is 0 Å². The zero-order chi connectivity index (χ0) is 27.1. The molecule has 2 atom stereocenters. The minimum atomic E-state index is -0.692. The number of halogens is 2. The first kappa shape index (κ1) is 27.7. The van der Waals surface area contributed by atoms with E-state index in [1.807, 2.05) is 59.1 Å². The Labute approximate surface area is 233 Å². The van der Waals surface area contributed by atoms with Gasteiger partial charge in [-0.15, -0.1) is 11.3 Å². The molecule has 37 heavy (non-hydrogen) atoms. The maximum atomic E-state index is 13.4. The number of hydrogen-bond acceptors (Lipinski definition) is 7. The van der Waals surface area contributed by atoms with Gasteiger partial charge in [0.15, 0.2) is 5.58 Å². The van der Waals surface area contributed by atoms with Crippen molar-refractivity contribution in [2.45, 2.75) is 84.1 Å². The number of fused-ring (bicyclic) bond motifs is 1. The third-order valence-electron chi connectivity index (χ3n) is 5.67. The Bertz CT molecular complexity index is 1300. The van der Waals surface area contributed by atoms with Crippen molar-refractivity contribution in [2.75, 3.05) is 4.90 Å². The van der Waals surface area contributed by atoms with Crippen LogP contribution in [0, 0.1) is 0 Å². The molecule has 1 aliphatic rings. The molecule has 0 radical (unpaired) electrons. The number of pyridine rings is 1. The van der Waals surface area contributed by atoms with Gasteiger partial charge in [-0.25, -0.2) is 14.6 Å². The largest absolute Gasteiger partial charge is 0.456 e. The van der Waals surface area contributed by atoms with Crippen LogP contribution in [0.15, 0.2) is 32.5 Å². The smallest absolute Gasteiger partial charge is 0.415 e. The maximum Gasteiger partial charge on any atom is 0.415 e. The van der Waals surface area contributed by atoms with E-state index in [1.165, 1.54) is 16.2 Å². The zero-order valence-corrected chi connectivity index (χ0v) is 24.8. The highest BCUT2D eigenvalue weighted by molar-refractivity contribution is 9.10. The number of amides is 2. The highest BCUT2D eigenvalue weighted by atomic mass is 79.9. The van der Waals surface area contributed by atoms with Crippen molar-refractivity contribution in [1.29, 1.82) is 0 Å². The lowest BCUT2D eigenvalue weighted by Crippen LogP contribution is -2.47. The van der Waals surface area contributed by atoms with Gasteiger partial charge in [0.25, 0.3) is 0 Å². The van der Waals surface area contributed by atoms with Gasteiger partial charge >= 0.3 is 12.2 Å². The molecule has 11 heteroatoms. The Balaban J connectivity index is 1.71. The molecular weight excluding hydrogens is 582 g/mol.